The van der Waals surface area contributed by atoms with E-state index in [1.165, 1.54) is 23.1 Å². The van der Waals surface area contributed by atoms with Crippen LogP contribution in [0.4, 0.5) is 5.13 Å². The topological polar surface area (TPSA) is 85.8 Å². The Hall–Kier alpha value is -2.62. The summed E-state index contributed by atoms with van der Waals surface area (Å²) in [5.41, 5.74) is 1.57. The lowest BCUT2D eigenvalue weighted by molar-refractivity contribution is -0.113. The molecule has 0 radical (unpaired) electrons. The number of hydrogen-bond donors (Lipinski definition) is 1. The van der Waals surface area contributed by atoms with E-state index in [0.29, 0.717) is 33.4 Å². The van der Waals surface area contributed by atoms with Gasteiger partial charge >= 0.3 is 0 Å². The Balaban J connectivity index is 1.40. The molecule has 4 rings (SSSR count). The maximum atomic E-state index is 12.4. The van der Waals surface area contributed by atoms with Crippen molar-refractivity contribution in [3.05, 3.63) is 53.1 Å². The first kappa shape index (κ1) is 19.7. The van der Waals surface area contributed by atoms with Crippen molar-refractivity contribution in [1.29, 1.82) is 0 Å². The Kier molecular flexibility index (Phi) is 5.98. The van der Waals surface area contributed by atoms with Crippen LogP contribution in [-0.2, 0) is 11.3 Å². The van der Waals surface area contributed by atoms with Gasteiger partial charge in [-0.15, -0.1) is 21.5 Å². The summed E-state index contributed by atoms with van der Waals surface area (Å²) in [6.07, 6.45) is 1.59. The number of carbonyl (C=O) groups is 1. The molecule has 3 aromatic heterocycles. The van der Waals surface area contributed by atoms with Gasteiger partial charge in [0.05, 0.1) is 17.7 Å². The van der Waals surface area contributed by atoms with Gasteiger partial charge in [0.25, 0.3) is 0 Å². The molecule has 7 nitrogen and oxygen atoms in total. The first-order chi connectivity index (χ1) is 14.2. The fourth-order valence-corrected chi connectivity index (χ4v) is 4.44. The Morgan fingerprint density at radius 1 is 1.28 bits per heavy atom. The number of nitrogens with zero attached hydrogens (tertiary/aromatic N) is 4. The second-order valence-corrected chi connectivity index (χ2v) is 8.09. The number of hydrogen-bond acceptors (Lipinski definition) is 7. The summed E-state index contributed by atoms with van der Waals surface area (Å²) in [5, 5.41) is 14.9. The number of halogens is 1. The van der Waals surface area contributed by atoms with E-state index in [9.17, 15) is 4.79 Å². The number of thioether (sulfide) groups is 1. The third kappa shape index (κ3) is 4.36. The van der Waals surface area contributed by atoms with Crippen LogP contribution in [0.3, 0.4) is 0 Å². The number of amides is 1. The van der Waals surface area contributed by atoms with Gasteiger partial charge in [-0.3, -0.25) is 9.36 Å². The van der Waals surface area contributed by atoms with Crippen molar-refractivity contribution < 1.29 is 9.21 Å². The van der Waals surface area contributed by atoms with Crippen molar-refractivity contribution in [3.8, 4) is 22.8 Å². The van der Waals surface area contributed by atoms with E-state index >= 15 is 0 Å². The zero-order valence-corrected chi connectivity index (χ0v) is 17.7. The van der Waals surface area contributed by atoms with Crippen molar-refractivity contribution in [2.45, 2.75) is 18.6 Å². The van der Waals surface area contributed by atoms with Crippen molar-refractivity contribution in [3.63, 3.8) is 0 Å². The van der Waals surface area contributed by atoms with Gasteiger partial charge in [0, 0.05) is 22.5 Å². The van der Waals surface area contributed by atoms with Crippen LogP contribution in [0, 0.1) is 0 Å². The molecule has 29 heavy (non-hydrogen) atoms. The molecule has 0 aliphatic rings. The molecule has 0 aliphatic carbocycles. The molecule has 1 aromatic carbocycles. The smallest absolute Gasteiger partial charge is 0.236 e. The normalized spacial score (nSPS) is 11.0. The van der Waals surface area contributed by atoms with E-state index in [1.807, 2.05) is 47.2 Å². The Bertz CT molecular complexity index is 1120. The van der Waals surface area contributed by atoms with Gasteiger partial charge in [0.1, 0.15) is 0 Å². The van der Waals surface area contributed by atoms with Gasteiger partial charge in [-0.1, -0.05) is 41.6 Å². The number of thiazole rings is 1. The monoisotopic (exact) mass is 445 g/mol. The highest BCUT2D eigenvalue weighted by Crippen LogP contribution is 2.30. The zero-order chi connectivity index (χ0) is 20.2. The van der Waals surface area contributed by atoms with Gasteiger partial charge in [-0.05, 0) is 25.1 Å². The maximum absolute atomic E-state index is 12.4. The van der Waals surface area contributed by atoms with E-state index in [-0.39, 0.29) is 11.7 Å². The van der Waals surface area contributed by atoms with E-state index in [2.05, 4.69) is 20.5 Å². The van der Waals surface area contributed by atoms with Gasteiger partial charge < -0.3 is 9.73 Å². The van der Waals surface area contributed by atoms with Gasteiger partial charge in [0.15, 0.2) is 21.9 Å². The molecule has 4 aromatic rings. The van der Waals surface area contributed by atoms with Crippen molar-refractivity contribution in [2.75, 3.05) is 11.1 Å². The number of anilines is 1. The lowest BCUT2D eigenvalue weighted by atomic mass is 10.2. The number of benzene rings is 1. The quantitative estimate of drug-likeness (QED) is 0.400. The van der Waals surface area contributed by atoms with Crippen molar-refractivity contribution >= 4 is 45.7 Å². The number of nitrogens with one attached hydrogen (secondary N) is 1. The lowest BCUT2D eigenvalue weighted by Crippen LogP contribution is -2.14. The summed E-state index contributed by atoms with van der Waals surface area (Å²) < 4.78 is 7.31. The molecule has 10 heteroatoms. The Morgan fingerprint density at radius 2 is 2.14 bits per heavy atom. The molecule has 0 atom stereocenters. The number of carbonyl (C=O) groups excluding carboxylic acids is 1. The highest BCUT2D eigenvalue weighted by atomic mass is 35.5. The molecule has 148 valence electrons. The fourth-order valence-electron chi connectivity index (χ4n) is 2.68. The molecule has 0 fully saturated rings. The summed E-state index contributed by atoms with van der Waals surface area (Å²) in [7, 11) is 0. The molecular weight excluding hydrogens is 430 g/mol. The van der Waals surface area contributed by atoms with Crippen LogP contribution in [0.15, 0.2) is 57.6 Å². The second-order valence-electron chi connectivity index (χ2n) is 5.88. The standard InChI is InChI=1S/C19H16ClN5O2S2/c1-2-25-17(15-8-5-9-27-15)23-24-19(25)29-11-16(26)22-18-21-14(10-28-18)12-6-3-4-7-13(12)20/h3-10H,2,11H2,1H3,(H,21,22,26). The van der Waals surface area contributed by atoms with Crippen molar-refractivity contribution in [1.82, 2.24) is 19.7 Å². The number of furan rings is 1. The maximum Gasteiger partial charge on any atom is 0.236 e. The largest absolute Gasteiger partial charge is 0.461 e. The minimum Gasteiger partial charge on any atom is -0.461 e. The predicted octanol–water partition coefficient (Wildman–Crippen LogP) is 5.07. The fraction of sp³-hybridized carbons (Fsp3) is 0.158. The molecular formula is C19H16ClN5O2S2. The summed E-state index contributed by atoms with van der Waals surface area (Å²) in [6, 6.07) is 11.1. The highest BCUT2D eigenvalue weighted by Gasteiger charge is 2.17. The van der Waals surface area contributed by atoms with Gasteiger partial charge in [-0.25, -0.2) is 4.98 Å². The molecule has 0 saturated carbocycles. The van der Waals surface area contributed by atoms with E-state index in [0.717, 1.165) is 11.3 Å². The third-order valence-electron chi connectivity index (χ3n) is 4.01. The molecule has 0 unspecified atom stereocenters. The molecule has 1 N–H and O–H groups in total. The summed E-state index contributed by atoms with van der Waals surface area (Å²) in [6.45, 7) is 2.66. The highest BCUT2D eigenvalue weighted by molar-refractivity contribution is 7.99. The minimum atomic E-state index is -0.166. The van der Waals surface area contributed by atoms with Gasteiger partial charge in [-0.2, -0.15) is 0 Å². The first-order valence-electron chi connectivity index (χ1n) is 8.76. The lowest BCUT2D eigenvalue weighted by Gasteiger charge is -2.05. The summed E-state index contributed by atoms with van der Waals surface area (Å²) >= 11 is 8.88. The van der Waals surface area contributed by atoms with E-state index < -0.39 is 0 Å². The van der Waals surface area contributed by atoms with Crippen LogP contribution in [0.25, 0.3) is 22.8 Å². The number of aromatic nitrogens is 4. The third-order valence-corrected chi connectivity index (χ3v) is 6.06. The predicted molar refractivity (Wildman–Crippen MR) is 115 cm³/mol. The van der Waals surface area contributed by atoms with Crippen LogP contribution >= 0.6 is 34.7 Å². The average Bonchev–Trinajstić information content (AvgIpc) is 3.47. The summed E-state index contributed by atoms with van der Waals surface area (Å²) in [4.78, 5) is 16.8. The molecule has 1 amide bonds. The molecule has 0 aliphatic heterocycles. The molecule has 0 spiro atoms. The summed E-state index contributed by atoms with van der Waals surface area (Å²) in [5.74, 6) is 1.31. The molecule has 3 heterocycles. The molecule has 0 bridgehead atoms. The van der Waals surface area contributed by atoms with Gasteiger partial charge in [0.2, 0.25) is 5.91 Å². The van der Waals surface area contributed by atoms with E-state index in [4.69, 9.17) is 16.0 Å². The SMILES string of the molecule is CCn1c(SCC(=O)Nc2nc(-c3ccccc3Cl)cs2)nnc1-c1ccco1. The zero-order valence-electron chi connectivity index (χ0n) is 15.3. The minimum absolute atomic E-state index is 0.166. The number of rotatable bonds is 7. The first-order valence-corrected chi connectivity index (χ1v) is 11.0. The van der Waals surface area contributed by atoms with Crippen LogP contribution in [0.2, 0.25) is 5.02 Å². The Morgan fingerprint density at radius 3 is 2.90 bits per heavy atom. The second kappa shape index (κ2) is 8.81. The van der Waals surface area contributed by atoms with E-state index in [1.54, 1.807) is 12.3 Å². The Labute approximate surface area is 180 Å². The van der Waals surface area contributed by atoms with Crippen LogP contribution in [0.1, 0.15) is 6.92 Å². The van der Waals surface area contributed by atoms with Crippen LogP contribution in [-0.4, -0.2) is 31.4 Å². The van der Waals surface area contributed by atoms with Crippen molar-refractivity contribution in [2.24, 2.45) is 0 Å². The van der Waals surface area contributed by atoms with Crippen LogP contribution < -0.4 is 5.32 Å². The average molecular weight is 446 g/mol. The van der Waals surface area contributed by atoms with Crippen LogP contribution in [0.5, 0.6) is 0 Å². The molecule has 0 saturated heterocycles.